The Balaban J connectivity index is 1.95. The first-order valence-electron chi connectivity index (χ1n) is 7.25. The zero-order valence-corrected chi connectivity index (χ0v) is 12.0. The van der Waals surface area contributed by atoms with Crippen LogP contribution in [0.1, 0.15) is 44.7 Å². The van der Waals surface area contributed by atoms with Gasteiger partial charge in [-0.25, -0.2) is 0 Å². The summed E-state index contributed by atoms with van der Waals surface area (Å²) in [5, 5.41) is 0. The van der Waals surface area contributed by atoms with Crippen LogP contribution in [0.25, 0.3) is 0 Å². The average molecular weight is 263 g/mol. The van der Waals surface area contributed by atoms with Crippen LogP contribution in [-0.4, -0.2) is 19.3 Å². The van der Waals surface area contributed by atoms with Gasteiger partial charge < -0.3 is 15.2 Å². The molecule has 2 N–H and O–H groups in total. The van der Waals surface area contributed by atoms with Crippen molar-refractivity contribution in [1.82, 2.24) is 0 Å². The Morgan fingerprint density at radius 1 is 1.32 bits per heavy atom. The lowest BCUT2D eigenvalue weighted by Crippen LogP contribution is -2.21. The summed E-state index contributed by atoms with van der Waals surface area (Å²) < 4.78 is 11.1. The van der Waals surface area contributed by atoms with Crippen LogP contribution in [0.15, 0.2) is 24.3 Å². The van der Waals surface area contributed by atoms with Crippen molar-refractivity contribution in [2.75, 3.05) is 13.2 Å². The van der Waals surface area contributed by atoms with Crippen LogP contribution in [0.5, 0.6) is 5.75 Å². The van der Waals surface area contributed by atoms with Crippen molar-refractivity contribution in [2.45, 2.75) is 45.3 Å². The smallest absolute Gasteiger partial charge is 0.120 e. The standard InChI is InChI=1S/C16H25NO2/c1-12(2)19-15-5-3-4-14(11-15)16(17)10-13-6-8-18-9-7-13/h3-5,11-13,16H,6-10,17H2,1-2H3. The summed E-state index contributed by atoms with van der Waals surface area (Å²) in [7, 11) is 0. The van der Waals surface area contributed by atoms with Crippen molar-refractivity contribution in [1.29, 1.82) is 0 Å². The molecule has 2 rings (SSSR count). The molecule has 1 aliphatic heterocycles. The van der Waals surface area contributed by atoms with Gasteiger partial charge in [-0.2, -0.15) is 0 Å². The molecule has 1 aliphatic rings. The number of ether oxygens (including phenoxy) is 2. The average Bonchev–Trinajstić information content (AvgIpc) is 2.39. The van der Waals surface area contributed by atoms with Gasteiger partial charge in [0, 0.05) is 19.3 Å². The molecular weight excluding hydrogens is 238 g/mol. The molecule has 19 heavy (non-hydrogen) atoms. The van der Waals surface area contributed by atoms with Gasteiger partial charge in [0.25, 0.3) is 0 Å². The Bertz CT molecular complexity index is 386. The molecule has 0 aromatic heterocycles. The first-order chi connectivity index (χ1) is 9.15. The first-order valence-corrected chi connectivity index (χ1v) is 7.25. The molecule has 3 heteroatoms. The van der Waals surface area contributed by atoms with Crippen LogP contribution < -0.4 is 10.5 Å². The highest BCUT2D eigenvalue weighted by atomic mass is 16.5. The summed E-state index contributed by atoms with van der Waals surface area (Å²) in [5.41, 5.74) is 7.50. The second kappa shape index (κ2) is 6.92. The van der Waals surface area contributed by atoms with Gasteiger partial charge >= 0.3 is 0 Å². The number of hydrogen-bond donors (Lipinski definition) is 1. The predicted molar refractivity (Wildman–Crippen MR) is 77.3 cm³/mol. The summed E-state index contributed by atoms with van der Waals surface area (Å²) in [6.45, 7) is 5.84. The Hall–Kier alpha value is -1.06. The number of rotatable bonds is 5. The van der Waals surface area contributed by atoms with E-state index in [0.29, 0.717) is 5.92 Å². The molecule has 0 spiro atoms. The number of hydrogen-bond acceptors (Lipinski definition) is 3. The van der Waals surface area contributed by atoms with Gasteiger partial charge in [0.15, 0.2) is 0 Å². The Labute approximate surface area is 116 Å². The molecule has 1 unspecified atom stereocenters. The quantitative estimate of drug-likeness (QED) is 0.886. The lowest BCUT2D eigenvalue weighted by atomic mass is 9.90. The minimum Gasteiger partial charge on any atom is -0.491 e. The maximum atomic E-state index is 6.33. The van der Waals surface area contributed by atoms with Crippen LogP contribution in [0.2, 0.25) is 0 Å². The van der Waals surface area contributed by atoms with Crippen molar-refractivity contribution < 1.29 is 9.47 Å². The minimum atomic E-state index is 0.0961. The fourth-order valence-corrected chi connectivity index (χ4v) is 2.57. The lowest BCUT2D eigenvalue weighted by molar-refractivity contribution is 0.0618. The maximum Gasteiger partial charge on any atom is 0.120 e. The molecular formula is C16H25NO2. The summed E-state index contributed by atoms with van der Waals surface area (Å²) >= 11 is 0. The highest BCUT2D eigenvalue weighted by Gasteiger charge is 2.18. The molecule has 1 fully saturated rings. The van der Waals surface area contributed by atoms with E-state index >= 15 is 0 Å². The van der Waals surface area contributed by atoms with Crippen LogP contribution in [-0.2, 0) is 4.74 Å². The van der Waals surface area contributed by atoms with E-state index in [1.807, 2.05) is 26.0 Å². The molecule has 1 aromatic rings. The van der Waals surface area contributed by atoms with E-state index < -0.39 is 0 Å². The van der Waals surface area contributed by atoms with Crippen molar-refractivity contribution in [3.05, 3.63) is 29.8 Å². The maximum absolute atomic E-state index is 6.33. The van der Waals surface area contributed by atoms with Gasteiger partial charge in [0.1, 0.15) is 5.75 Å². The highest BCUT2D eigenvalue weighted by Crippen LogP contribution is 2.27. The monoisotopic (exact) mass is 263 g/mol. The first kappa shape index (κ1) is 14.4. The Morgan fingerprint density at radius 2 is 2.05 bits per heavy atom. The van der Waals surface area contributed by atoms with E-state index in [2.05, 4.69) is 12.1 Å². The molecule has 1 heterocycles. The van der Waals surface area contributed by atoms with Crippen molar-refractivity contribution in [3.8, 4) is 5.75 Å². The molecule has 0 bridgehead atoms. The van der Waals surface area contributed by atoms with E-state index in [0.717, 1.165) is 38.2 Å². The minimum absolute atomic E-state index is 0.0961. The normalized spacial score (nSPS) is 18.5. The van der Waals surface area contributed by atoms with Crippen molar-refractivity contribution in [2.24, 2.45) is 11.7 Å². The number of nitrogens with two attached hydrogens (primary N) is 1. The molecule has 106 valence electrons. The number of benzene rings is 1. The van der Waals surface area contributed by atoms with E-state index in [-0.39, 0.29) is 12.1 Å². The Kier molecular flexibility index (Phi) is 5.23. The van der Waals surface area contributed by atoms with Gasteiger partial charge in [0.05, 0.1) is 6.10 Å². The fraction of sp³-hybridized carbons (Fsp3) is 0.625. The third kappa shape index (κ3) is 4.51. The van der Waals surface area contributed by atoms with E-state index in [1.165, 1.54) is 5.56 Å². The van der Waals surface area contributed by atoms with Gasteiger partial charge in [-0.15, -0.1) is 0 Å². The van der Waals surface area contributed by atoms with Crippen LogP contribution in [0, 0.1) is 5.92 Å². The summed E-state index contributed by atoms with van der Waals surface area (Å²) in [5.74, 6) is 1.60. The largest absolute Gasteiger partial charge is 0.491 e. The van der Waals surface area contributed by atoms with Crippen LogP contribution in [0.3, 0.4) is 0 Å². The topological polar surface area (TPSA) is 44.5 Å². The van der Waals surface area contributed by atoms with Gasteiger partial charge in [-0.3, -0.25) is 0 Å². The van der Waals surface area contributed by atoms with Crippen molar-refractivity contribution in [3.63, 3.8) is 0 Å². The highest BCUT2D eigenvalue weighted by molar-refractivity contribution is 5.30. The Morgan fingerprint density at radius 3 is 2.74 bits per heavy atom. The van der Waals surface area contributed by atoms with Crippen LogP contribution >= 0.6 is 0 Å². The molecule has 3 nitrogen and oxygen atoms in total. The second-order valence-corrected chi connectivity index (χ2v) is 5.64. The predicted octanol–water partition coefficient (Wildman–Crippen LogP) is 3.29. The molecule has 1 atom stereocenters. The third-order valence-corrected chi connectivity index (χ3v) is 3.59. The third-order valence-electron chi connectivity index (χ3n) is 3.59. The molecule has 0 saturated carbocycles. The molecule has 0 aliphatic carbocycles. The molecule has 0 radical (unpaired) electrons. The van der Waals surface area contributed by atoms with Crippen molar-refractivity contribution >= 4 is 0 Å². The van der Waals surface area contributed by atoms with Gasteiger partial charge in [0.2, 0.25) is 0 Å². The SMILES string of the molecule is CC(C)Oc1cccc(C(N)CC2CCOCC2)c1. The zero-order valence-electron chi connectivity index (χ0n) is 12.0. The zero-order chi connectivity index (χ0) is 13.7. The van der Waals surface area contributed by atoms with E-state index in [1.54, 1.807) is 0 Å². The second-order valence-electron chi connectivity index (χ2n) is 5.64. The summed E-state index contributed by atoms with van der Waals surface area (Å²) in [4.78, 5) is 0. The van der Waals surface area contributed by atoms with E-state index in [4.69, 9.17) is 15.2 Å². The van der Waals surface area contributed by atoms with Gasteiger partial charge in [-0.05, 0) is 56.7 Å². The molecule has 1 aromatic carbocycles. The lowest BCUT2D eigenvalue weighted by Gasteiger charge is -2.25. The summed E-state index contributed by atoms with van der Waals surface area (Å²) in [6, 6.07) is 8.28. The van der Waals surface area contributed by atoms with Gasteiger partial charge in [-0.1, -0.05) is 12.1 Å². The fourth-order valence-electron chi connectivity index (χ4n) is 2.57. The molecule has 0 amide bonds. The molecule has 1 saturated heterocycles. The van der Waals surface area contributed by atoms with Crippen LogP contribution in [0.4, 0.5) is 0 Å². The van der Waals surface area contributed by atoms with E-state index in [9.17, 15) is 0 Å². The summed E-state index contributed by atoms with van der Waals surface area (Å²) in [6.07, 6.45) is 3.50.